The summed E-state index contributed by atoms with van der Waals surface area (Å²) in [6, 6.07) is 13.2. The molecule has 2 atom stereocenters. The number of hydrogen-bond acceptors (Lipinski definition) is 5. The second kappa shape index (κ2) is 8.23. The van der Waals surface area contributed by atoms with Gasteiger partial charge in [0.2, 0.25) is 0 Å². The molecule has 0 spiro atoms. The molecule has 0 aliphatic carbocycles. The van der Waals surface area contributed by atoms with Crippen molar-refractivity contribution < 1.29 is 22.7 Å². The maximum absolute atomic E-state index is 12.3. The molecule has 1 N–H and O–H groups in total. The molecule has 2 rings (SSSR count). The van der Waals surface area contributed by atoms with Crippen LogP contribution in [0.1, 0.15) is 25.5 Å². The van der Waals surface area contributed by atoms with E-state index in [1.807, 2.05) is 6.92 Å². The number of carbonyl (C=O) groups is 1. The summed E-state index contributed by atoms with van der Waals surface area (Å²) in [6.45, 7) is 3.49. The van der Waals surface area contributed by atoms with E-state index in [-0.39, 0.29) is 16.8 Å². The molecule has 140 valence electrons. The fourth-order valence-corrected chi connectivity index (χ4v) is 2.98. The zero-order chi connectivity index (χ0) is 19.3. The molecule has 7 heteroatoms. The topological polar surface area (TPSA) is 81.7 Å². The van der Waals surface area contributed by atoms with Crippen LogP contribution in [0.25, 0.3) is 0 Å². The molecule has 0 unspecified atom stereocenters. The van der Waals surface area contributed by atoms with Crippen LogP contribution in [0, 0.1) is 0 Å². The fraction of sp³-hybridized carbons (Fsp3) is 0.316. The van der Waals surface area contributed by atoms with Crippen molar-refractivity contribution in [3.05, 3.63) is 54.1 Å². The molecule has 0 aromatic heterocycles. The van der Waals surface area contributed by atoms with Crippen molar-refractivity contribution in [3.8, 4) is 11.5 Å². The summed E-state index contributed by atoms with van der Waals surface area (Å²) in [5, 5.41) is 2.86. The van der Waals surface area contributed by atoms with Crippen LogP contribution in [0.4, 0.5) is 0 Å². The maximum atomic E-state index is 12.3. The summed E-state index contributed by atoms with van der Waals surface area (Å²) in [7, 11) is -1.68. The summed E-state index contributed by atoms with van der Waals surface area (Å²) in [5.41, 5.74) is 0.805. The highest BCUT2D eigenvalue weighted by molar-refractivity contribution is 7.90. The monoisotopic (exact) mass is 377 g/mol. The van der Waals surface area contributed by atoms with Gasteiger partial charge in [0.15, 0.2) is 15.9 Å². The van der Waals surface area contributed by atoms with Gasteiger partial charge in [-0.25, -0.2) is 8.42 Å². The van der Waals surface area contributed by atoms with Crippen LogP contribution in [0.15, 0.2) is 53.4 Å². The lowest BCUT2D eigenvalue weighted by Gasteiger charge is -2.19. The molecule has 0 radical (unpaired) electrons. The van der Waals surface area contributed by atoms with Gasteiger partial charge in [-0.05, 0) is 43.7 Å². The molecule has 6 nitrogen and oxygen atoms in total. The van der Waals surface area contributed by atoms with Crippen molar-refractivity contribution in [3.63, 3.8) is 0 Å². The number of amides is 1. The van der Waals surface area contributed by atoms with Crippen LogP contribution in [0.5, 0.6) is 11.5 Å². The first-order valence-electron chi connectivity index (χ1n) is 8.12. The number of nitrogens with one attached hydrogen (secondary N) is 1. The van der Waals surface area contributed by atoms with Crippen molar-refractivity contribution in [2.24, 2.45) is 0 Å². The number of rotatable bonds is 7. The molecule has 0 heterocycles. The minimum Gasteiger partial charge on any atom is -0.497 e. The van der Waals surface area contributed by atoms with E-state index < -0.39 is 15.9 Å². The summed E-state index contributed by atoms with van der Waals surface area (Å²) in [4.78, 5) is 12.6. The molecule has 1 amide bonds. The van der Waals surface area contributed by atoms with Crippen LogP contribution in [-0.2, 0) is 14.6 Å². The summed E-state index contributed by atoms with van der Waals surface area (Å²) >= 11 is 0. The molecule has 0 saturated carbocycles. The van der Waals surface area contributed by atoms with Crippen molar-refractivity contribution in [1.82, 2.24) is 5.32 Å². The first kappa shape index (κ1) is 19.8. The van der Waals surface area contributed by atoms with E-state index in [1.54, 1.807) is 50.4 Å². The average molecular weight is 377 g/mol. The Morgan fingerprint density at radius 3 is 2.23 bits per heavy atom. The molecular formula is C19H23NO5S. The standard InChI is InChI=1S/C19H23NO5S/c1-13(15-8-10-18(11-9-15)26(4,22)23)20-19(21)14(2)25-17-7-5-6-16(12-17)24-3/h5-14H,1-4H3,(H,20,21)/t13-,14+/m1/s1. The van der Waals surface area contributed by atoms with Crippen LogP contribution < -0.4 is 14.8 Å². The lowest BCUT2D eigenvalue weighted by molar-refractivity contribution is -0.127. The normalized spacial score (nSPS) is 13.5. The number of sulfone groups is 1. The van der Waals surface area contributed by atoms with Crippen molar-refractivity contribution in [1.29, 1.82) is 0 Å². The average Bonchev–Trinajstić information content (AvgIpc) is 2.61. The molecule has 2 aromatic rings. The molecule has 0 saturated heterocycles. The van der Waals surface area contributed by atoms with Gasteiger partial charge in [-0.1, -0.05) is 18.2 Å². The van der Waals surface area contributed by atoms with Gasteiger partial charge >= 0.3 is 0 Å². The smallest absolute Gasteiger partial charge is 0.261 e. The van der Waals surface area contributed by atoms with E-state index >= 15 is 0 Å². The largest absolute Gasteiger partial charge is 0.497 e. The third-order valence-electron chi connectivity index (χ3n) is 3.89. The quantitative estimate of drug-likeness (QED) is 0.802. The molecule has 0 fully saturated rings. The van der Waals surface area contributed by atoms with E-state index in [4.69, 9.17) is 9.47 Å². The molecule has 26 heavy (non-hydrogen) atoms. The molecule has 0 aliphatic rings. The van der Waals surface area contributed by atoms with Crippen LogP contribution in [-0.4, -0.2) is 33.8 Å². The Labute approximate surface area is 154 Å². The maximum Gasteiger partial charge on any atom is 0.261 e. The zero-order valence-electron chi connectivity index (χ0n) is 15.2. The number of carbonyl (C=O) groups excluding carboxylic acids is 1. The first-order valence-corrected chi connectivity index (χ1v) is 10.0. The summed E-state index contributed by atoms with van der Waals surface area (Å²) in [6.07, 6.45) is 0.463. The van der Waals surface area contributed by atoms with Crippen LogP contribution in [0.3, 0.4) is 0 Å². The van der Waals surface area contributed by atoms with E-state index in [0.29, 0.717) is 11.5 Å². The Bertz CT molecular complexity index is 862. The Morgan fingerprint density at radius 1 is 1.04 bits per heavy atom. The highest BCUT2D eigenvalue weighted by Gasteiger charge is 2.18. The second-order valence-electron chi connectivity index (χ2n) is 6.01. The number of methoxy groups -OCH3 is 1. The van der Waals surface area contributed by atoms with Gasteiger partial charge < -0.3 is 14.8 Å². The molecule has 0 bridgehead atoms. The first-order chi connectivity index (χ1) is 12.2. The Morgan fingerprint density at radius 2 is 1.65 bits per heavy atom. The Balaban J connectivity index is 1.99. The molecule has 0 aliphatic heterocycles. The third-order valence-corrected chi connectivity index (χ3v) is 5.02. The van der Waals surface area contributed by atoms with Gasteiger partial charge in [-0.2, -0.15) is 0 Å². The predicted octanol–water partition coefficient (Wildman–Crippen LogP) is 2.74. The number of benzene rings is 2. The fourth-order valence-electron chi connectivity index (χ4n) is 2.35. The molecule has 2 aromatic carbocycles. The number of hydrogen-bond donors (Lipinski definition) is 1. The van der Waals surface area contributed by atoms with E-state index in [9.17, 15) is 13.2 Å². The van der Waals surface area contributed by atoms with Crippen molar-refractivity contribution in [2.45, 2.75) is 30.9 Å². The highest BCUT2D eigenvalue weighted by Crippen LogP contribution is 2.21. The minimum absolute atomic E-state index is 0.245. The molecular weight excluding hydrogens is 354 g/mol. The van der Waals surface area contributed by atoms with E-state index in [2.05, 4.69) is 5.32 Å². The SMILES string of the molecule is COc1cccc(O[C@@H](C)C(=O)N[C@H](C)c2ccc(S(C)(=O)=O)cc2)c1. The third kappa shape index (κ3) is 5.23. The van der Waals surface area contributed by atoms with Gasteiger partial charge in [0.25, 0.3) is 5.91 Å². The van der Waals surface area contributed by atoms with Crippen molar-refractivity contribution >= 4 is 15.7 Å². The predicted molar refractivity (Wildman–Crippen MR) is 99.2 cm³/mol. The summed E-state index contributed by atoms with van der Waals surface area (Å²) < 4.78 is 33.8. The van der Waals surface area contributed by atoms with Crippen LogP contribution >= 0.6 is 0 Å². The Kier molecular flexibility index (Phi) is 6.26. The van der Waals surface area contributed by atoms with Gasteiger partial charge in [0.05, 0.1) is 18.0 Å². The van der Waals surface area contributed by atoms with Gasteiger partial charge in [0, 0.05) is 12.3 Å². The van der Waals surface area contributed by atoms with Crippen LogP contribution in [0.2, 0.25) is 0 Å². The summed E-state index contributed by atoms with van der Waals surface area (Å²) in [5.74, 6) is 0.916. The second-order valence-corrected chi connectivity index (χ2v) is 8.03. The van der Waals surface area contributed by atoms with Gasteiger partial charge in [-0.3, -0.25) is 4.79 Å². The van der Waals surface area contributed by atoms with Gasteiger partial charge in [-0.15, -0.1) is 0 Å². The lowest BCUT2D eigenvalue weighted by Crippen LogP contribution is -2.37. The zero-order valence-corrected chi connectivity index (χ0v) is 16.0. The van der Waals surface area contributed by atoms with E-state index in [0.717, 1.165) is 11.8 Å². The van der Waals surface area contributed by atoms with Gasteiger partial charge in [0.1, 0.15) is 11.5 Å². The van der Waals surface area contributed by atoms with Crippen molar-refractivity contribution in [2.75, 3.05) is 13.4 Å². The minimum atomic E-state index is -3.24. The highest BCUT2D eigenvalue weighted by atomic mass is 32.2. The lowest BCUT2D eigenvalue weighted by atomic mass is 10.1. The number of ether oxygens (including phenoxy) is 2. The Hall–Kier alpha value is -2.54. The van der Waals surface area contributed by atoms with E-state index in [1.165, 1.54) is 12.1 Å².